The Bertz CT molecular complexity index is 1100. The average molecular weight is 377 g/mol. The maximum absolute atomic E-state index is 11.9. The van der Waals surface area contributed by atoms with Gasteiger partial charge in [0.05, 0.1) is 26.2 Å². The number of ether oxygens (including phenoxy) is 2. The normalized spacial score (nSPS) is 12.1. The predicted molar refractivity (Wildman–Crippen MR) is 105 cm³/mol. The first-order valence-electron chi connectivity index (χ1n) is 8.55. The predicted octanol–water partition coefficient (Wildman–Crippen LogP) is 2.83. The van der Waals surface area contributed by atoms with Crippen molar-refractivity contribution >= 4 is 28.6 Å². The van der Waals surface area contributed by atoms with E-state index >= 15 is 0 Å². The fraction of sp³-hybridized carbons (Fsp3) is 0.143. The van der Waals surface area contributed by atoms with Gasteiger partial charge in [0, 0.05) is 17.1 Å². The topological polar surface area (TPSA) is 93.1 Å². The standard InChI is InChI=1S/C21H19N3O4/c1-27-19(25)12-18(21(26)28-2)24-23-17-11-7-6-10-15-16(13-22-20(15)17)14-8-4-3-5-9-14/h3-11,13,22H,12H2,1-2H3/b23-17-,24-18-. The monoisotopic (exact) mass is 377 g/mol. The molecule has 0 saturated carbocycles. The van der Waals surface area contributed by atoms with Crippen molar-refractivity contribution in [1.29, 1.82) is 0 Å². The van der Waals surface area contributed by atoms with Crippen molar-refractivity contribution in [2.75, 3.05) is 14.2 Å². The zero-order chi connectivity index (χ0) is 19.9. The van der Waals surface area contributed by atoms with Gasteiger partial charge in [-0.15, -0.1) is 10.2 Å². The summed E-state index contributed by atoms with van der Waals surface area (Å²) in [5.74, 6) is -1.34. The van der Waals surface area contributed by atoms with Gasteiger partial charge >= 0.3 is 11.9 Å². The molecule has 0 spiro atoms. The molecule has 1 heterocycles. The SMILES string of the molecule is COC(=O)C/C(=N/N=c1/ccccc2c(-c3ccccc3)c[nH]c12)C(=O)OC. The van der Waals surface area contributed by atoms with E-state index in [1.165, 1.54) is 14.2 Å². The van der Waals surface area contributed by atoms with Crippen LogP contribution in [0.15, 0.2) is 71.0 Å². The largest absolute Gasteiger partial charge is 0.469 e. The molecule has 0 bridgehead atoms. The molecular weight excluding hydrogens is 358 g/mol. The molecule has 142 valence electrons. The van der Waals surface area contributed by atoms with Crippen LogP contribution < -0.4 is 5.36 Å². The van der Waals surface area contributed by atoms with Crippen LogP contribution in [0.4, 0.5) is 0 Å². The summed E-state index contributed by atoms with van der Waals surface area (Å²) in [7, 11) is 2.45. The Morgan fingerprint density at radius 2 is 1.68 bits per heavy atom. The molecule has 0 atom stereocenters. The number of aromatic nitrogens is 1. The maximum atomic E-state index is 11.9. The minimum Gasteiger partial charge on any atom is -0.469 e. The third kappa shape index (κ3) is 4.15. The van der Waals surface area contributed by atoms with Crippen LogP contribution in [0.25, 0.3) is 22.0 Å². The van der Waals surface area contributed by atoms with E-state index < -0.39 is 11.9 Å². The van der Waals surface area contributed by atoms with Crippen molar-refractivity contribution in [3.63, 3.8) is 0 Å². The lowest BCUT2D eigenvalue weighted by atomic mass is 10.1. The number of methoxy groups -OCH3 is 2. The second-order valence-electron chi connectivity index (χ2n) is 5.85. The van der Waals surface area contributed by atoms with Gasteiger partial charge in [-0.1, -0.05) is 48.5 Å². The average Bonchev–Trinajstić information content (AvgIpc) is 3.05. The fourth-order valence-corrected chi connectivity index (χ4v) is 2.73. The third-order valence-electron chi connectivity index (χ3n) is 4.13. The van der Waals surface area contributed by atoms with Crippen molar-refractivity contribution in [3.8, 4) is 11.1 Å². The first kappa shape index (κ1) is 19.0. The summed E-state index contributed by atoms with van der Waals surface area (Å²) in [5, 5.41) is 9.62. The molecule has 0 unspecified atom stereocenters. The van der Waals surface area contributed by atoms with Gasteiger partial charge in [-0.2, -0.15) is 0 Å². The first-order chi connectivity index (χ1) is 13.6. The molecule has 28 heavy (non-hydrogen) atoms. The van der Waals surface area contributed by atoms with Crippen LogP contribution in [0, 0.1) is 0 Å². The van der Waals surface area contributed by atoms with E-state index in [4.69, 9.17) is 0 Å². The van der Waals surface area contributed by atoms with Gasteiger partial charge in [0.2, 0.25) is 0 Å². The van der Waals surface area contributed by atoms with Crippen LogP contribution >= 0.6 is 0 Å². The smallest absolute Gasteiger partial charge is 0.354 e. The highest BCUT2D eigenvalue weighted by Gasteiger charge is 2.17. The number of hydrogen-bond acceptors (Lipinski definition) is 6. The summed E-state index contributed by atoms with van der Waals surface area (Å²) in [5.41, 5.74) is 2.71. The van der Waals surface area contributed by atoms with Crippen LogP contribution in [-0.4, -0.2) is 36.9 Å². The van der Waals surface area contributed by atoms with E-state index in [1.54, 1.807) is 6.07 Å². The van der Waals surface area contributed by atoms with E-state index in [1.807, 2.05) is 54.7 Å². The molecular formula is C21H19N3O4. The molecule has 0 aliphatic carbocycles. The highest BCUT2D eigenvalue weighted by molar-refractivity contribution is 6.39. The molecule has 3 rings (SSSR count). The number of fused-ring (bicyclic) bond motifs is 1. The fourth-order valence-electron chi connectivity index (χ4n) is 2.73. The highest BCUT2D eigenvalue weighted by Crippen LogP contribution is 2.26. The number of H-pyrrole nitrogens is 1. The molecule has 0 amide bonds. The number of nitrogens with one attached hydrogen (secondary N) is 1. The summed E-state index contributed by atoms with van der Waals surface area (Å²) in [4.78, 5) is 26.6. The van der Waals surface area contributed by atoms with Gasteiger partial charge in [0.15, 0.2) is 5.71 Å². The molecule has 0 radical (unpaired) electrons. The van der Waals surface area contributed by atoms with E-state index in [0.29, 0.717) is 5.36 Å². The Hall–Kier alpha value is -3.74. The summed E-state index contributed by atoms with van der Waals surface area (Å²) in [6, 6.07) is 17.4. The number of nitrogens with zero attached hydrogens (tertiary/aromatic N) is 2. The summed E-state index contributed by atoms with van der Waals surface area (Å²) >= 11 is 0. The van der Waals surface area contributed by atoms with Crippen LogP contribution in [0.5, 0.6) is 0 Å². The van der Waals surface area contributed by atoms with Crippen LogP contribution in [0.3, 0.4) is 0 Å². The number of aromatic amines is 1. The van der Waals surface area contributed by atoms with Crippen LogP contribution in [0.2, 0.25) is 0 Å². The lowest BCUT2D eigenvalue weighted by molar-refractivity contribution is -0.140. The maximum Gasteiger partial charge on any atom is 0.354 e. The molecule has 1 N–H and O–H groups in total. The Kier molecular flexibility index (Phi) is 5.96. The van der Waals surface area contributed by atoms with Crippen molar-refractivity contribution in [2.24, 2.45) is 10.2 Å². The van der Waals surface area contributed by atoms with Gasteiger partial charge in [0.1, 0.15) is 5.36 Å². The van der Waals surface area contributed by atoms with Crippen LogP contribution in [0.1, 0.15) is 6.42 Å². The van der Waals surface area contributed by atoms with Gasteiger partial charge in [-0.3, -0.25) is 4.79 Å². The lowest BCUT2D eigenvalue weighted by Crippen LogP contribution is -2.20. The first-order valence-corrected chi connectivity index (χ1v) is 8.55. The quantitative estimate of drug-likeness (QED) is 0.420. The zero-order valence-corrected chi connectivity index (χ0v) is 15.5. The number of esters is 2. The molecule has 0 fully saturated rings. The summed E-state index contributed by atoms with van der Waals surface area (Å²) < 4.78 is 9.26. The van der Waals surface area contributed by atoms with Gasteiger partial charge in [0.25, 0.3) is 0 Å². The molecule has 0 aliphatic rings. The number of hydrogen-bond donors (Lipinski definition) is 1. The van der Waals surface area contributed by atoms with E-state index in [2.05, 4.69) is 24.7 Å². The number of carbonyl (C=O) groups is 2. The van der Waals surface area contributed by atoms with Crippen molar-refractivity contribution < 1.29 is 19.1 Å². The molecule has 0 saturated heterocycles. The van der Waals surface area contributed by atoms with E-state index in [9.17, 15) is 9.59 Å². The second kappa shape index (κ2) is 8.77. The van der Waals surface area contributed by atoms with E-state index in [0.717, 1.165) is 22.0 Å². The Morgan fingerprint density at radius 3 is 2.39 bits per heavy atom. The van der Waals surface area contributed by atoms with Crippen LogP contribution in [-0.2, 0) is 19.1 Å². The number of rotatable bonds is 5. The zero-order valence-electron chi connectivity index (χ0n) is 15.5. The summed E-state index contributed by atoms with van der Waals surface area (Å²) in [6.45, 7) is 0. The minimum atomic E-state index is -0.734. The van der Waals surface area contributed by atoms with Gasteiger partial charge in [-0.05, 0) is 11.6 Å². The highest BCUT2D eigenvalue weighted by atomic mass is 16.5. The van der Waals surface area contributed by atoms with E-state index in [-0.39, 0.29) is 12.1 Å². The molecule has 7 nitrogen and oxygen atoms in total. The Balaban J connectivity index is 2.13. The third-order valence-corrected chi connectivity index (χ3v) is 4.13. The number of benzene rings is 1. The summed E-state index contributed by atoms with van der Waals surface area (Å²) in [6.07, 6.45) is 1.58. The second-order valence-corrected chi connectivity index (χ2v) is 5.85. The minimum absolute atomic E-state index is 0.135. The Labute approximate surface area is 161 Å². The van der Waals surface area contributed by atoms with Gasteiger partial charge < -0.3 is 14.5 Å². The number of carbonyl (C=O) groups excluding carboxylic acids is 2. The van der Waals surface area contributed by atoms with Crippen molar-refractivity contribution in [2.45, 2.75) is 6.42 Å². The molecule has 7 heteroatoms. The molecule has 1 aromatic heterocycles. The van der Waals surface area contributed by atoms with Gasteiger partial charge in [-0.25, -0.2) is 4.79 Å². The molecule has 0 aliphatic heterocycles. The van der Waals surface area contributed by atoms with Crippen molar-refractivity contribution in [3.05, 3.63) is 66.2 Å². The Morgan fingerprint density at radius 1 is 0.964 bits per heavy atom. The van der Waals surface area contributed by atoms with Crippen molar-refractivity contribution in [1.82, 2.24) is 4.98 Å². The molecule has 3 aromatic rings. The molecule has 2 aromatic carbocycles. The lowest BCUT2D eigenvalue weighted by Gasteiger charge is -2.01.